The lowest BCUT2D eigenvalue weighted by atomic mass is 9.95. The highest BCUT2D eigenvalue weighted by Gasteiger charge is 2.25. The Hall–Kier alpha value is -7.62. The van der Waals surface area contributed by atoms with Crippen LogP contribution in [0.1, 0.15) is 67.9 Å². The number of benzene rings is 6. The highest BCUT2D eigenvalue weighted by molar-refractivity contribution is 5.83. The van der Waals surface area contributed by atoms with Crippen molar-refractivity contribution in [2.45, 2.75) is 47.5 Å². The number of anilines is 4. The van der Waals surface area contributed by atoms with Crippen molar-refractivity contribution in [3.8, 4) is 22.3 Å². The first-order valence-electron chi connectivity index (χ1n) is 22.6. The Labute approximate surface area is 388 Å². The smallest absolute Gasteiger partial charge is 0.134 e. The molecule has 0 radical (unpaired) electrons. The first-order valence-corrected chi connectivity index (χ1v) is 22.6. The predicted molar refractivity (Wildman–Crippen MR) is 285 cm³/mol. The molecule has 0 fully saturated rings. The van der Waals surface area contributed by atoms with E-state index in [1.54, 1.807) is 0 Å². The average molecular weight is 851 g/mol. The molecule has 0 saturated heterocycles. The van der Waals surface area contributed by atoms with Gasteiger partial charge >= 0.3 is 0 Å². The Morgan fingerprint density at radius 1 is 0.662 bits per heavy atom. The first kappa shape index (κ1) is 46.9. The third-order valence-corrected chi connectivity index (χ3v) is 11.4. The van der Waals surface area contributed by atoms with Crippen LogP contribution in [-0.4, -0.2) is 6.54 Å². The normalized spacial score (nSPS) is 12.2. The van der Waals surface area contributed by atoms with Gasteiger partial charge in [-0.25, -0.2) is 0 Å². The molecule has 7 aromatic rings. The minimum absolute atomic E-state index is 0.701. The van der Waals surface area contributed by atoms with Crippen molar-refractivity contribution in [3.63, 3.8) is 0 Å². The van der Waals surface area contributed by atoms with E-state index in [0.717, 1.165) is 63.8 Å². The summed E-state index contributed by atoms with van der Waals surface area (Å²) in [5.41, 5.74) is 17.4. The minimum atomic E-state index is 0.701. The van der Waals surface area contributed by atoms with Gasteiger partial charge in [-0.2, -0.15) is 0 Å². The molecule has 0 N–H and O–H groups in total. The maximum atomic E-state index is 6.31. The Kier molecular flexibility index (Phi) is 16.7. The third kappa shape index (κ3) is 11.1. The zero-order valence-electron chi connectivity index (χ0n) is 38.8. The number of hydrogen-bond donors (Lipinski definition) is 0. The van der Waals surface area contributed by atoms with Gasteiger partial charge in [0.2, 0.25) is 0 Å². The van der Waals surface area contributed by atoms with Crippen LogP contribution < -0.4 is 9.80 Å². The quantitative estimate of drug-likeness (QED) is 0.0803. The molecule has 0 unspecified atom stereocenters. The van der Waals surface area contributed by atoms with Crippen molar-refractivity contribution in [1.29, 1.82) is 0 Å². The van der Waals surface area contributed by atoms with E-state index in [0.29, 0.717) is 6.54 Å². The number of allylic oxidation sites excluding steroid dienone is 6. The number of para-hydroxylation sites is 1. The van der Waals surface area contributed by atoms with Gasteiger partial charge in [-0.1, -0.05) is 166 Å². The Bertz CT molecular complexity index is 2680. The van der Waals surface area contributed by atoms with Crippen LogP contribution >= 0.6 is 0 Å². The Morgan fingerprint density at radius 2 is 1.20 bits per heavy atom. The SMILES string of the molecule is C=C.C=C/C(C)=C\c1c(C=C)oc2c1C=C(N(c1ccccc1)c1ccc(C(/C=C\CN(c3ccc(-c4ccccc4)cc3)c3ccc(-c4ccccc4)cc3)=C/C)cc1C)CC2.CC. The van der Waals surface area contributed by atoms with Gasteiger partial charge in [0.15, 0.2) is 0 Å². The van der Waals surface area contributed by atoms with E-state index in [1.165, 1.54) is 44.7 Å². The second-order valence-corrected chi connectivity index (χ2v) is 15.4. The molecule has 0 saturated carbocycles. The van der Waals surface area contributed by atoms with Gasteiger partial charge in [0.25, 0.3) is 0 Å². The highest BCUT2D eigenvalue weighted by atomic mass is 16.3. The van der Waals surface area contributed by atoms with Crippen LogP contribution in [-0.2, 0) is 6.42 Å². The van der Waals surface area contributed by atoms with Gasteiger partial charge < -0.3 is 14.2 Å². The maximum absolute atomic E-state index is 6.31. The minimum Gasteiger partial charge on any atom is -0.460 e. The van der Waals surface area contributed by atoms with E-state index >= 15 is 0 Å². The van der Waals surface area contributed by atoms with Crippen molar-refractivity contribution in [1.82, 2.24) is 0 Å². The van der Waals surface area contributed by atoms with Gasteiger partial charge in [-0.05, 0) is 133 Å². The van der Waals surface area contributed by atoms with Crippen LogP contribution in [0, 0.1) is 6.92 Å². The summed E-state index contributed by atoms with van der Waals surface area (Å²) in [6.45, 7) is 25.1. The molecule has 326 valence electrons. The van der Waals surface area contributed by atoms with Gasteiger partial charge in [0.1, 0.15) is 11.5 Å². The molecule has 0 aliphatic heterocycles. The van der Waals surface area contributed by atoms with Crippen LogP contribution in [0.4, 0.5) is 22.7 Å². The van der Waals surface area contributed by atoms with Crippen LogP contribution in [0.15, 0.2) is 224 Å². The Morgan fingerprint density at radius 3 is 1.71 bits per heavy atom. The number of furan rings is 1. The lowest BCUT2D eigenvalue weighted by Crippen LogP contribution is -2.20. The summed E-state index contributed by atoms with van der Waals surface area (Å²) in [6, 6.07) is 56.4. The molecule has 8 rings (SSSR count). The molecule has 1 aliphatic rings. The van der Waals surface area contributed by atoms with Crippen LogP contribution in [0.5, 0.6) is 0 Å². The second-order valence-electron chi connectivity index (χ2n) is 15.4. The zero-order valence-corrected chi connectivity index (χ0v) is 38.8. The van der Waals surface area contributed by atoms with E-state index in [1.807, 2.05) is 26.0 Å². The summed E-state index contributed by atoms with van der Waals surface area (Å²) in [7, 11) is 0. The van der Waals surface area contributed by atoms with Gasteiger partial charge in [-0.15, -0.1) is 13.2 Å². The molecule has 65 heavy (non-hydrogen) atoms. The van der Waals surface area contributed by atoms with E-state index in [4.69, 9.17) is 4.42 Å². The van der Waals surface area contributed by atoms with E-state index in [-0.39, 0.29) is 0 Å². The lowest BCUT2D eigenvalue weighted by Gasteiger charge is -2.31. The largest absolute Gasteiger partial charge is 0.460 e. The average Bonchev–Trinajstić information content (AvgIpc) is 3.73. The first-order chi connectivity index (χ1) is 31.9. The van der Waals surface area contributed by atoms with Crippen LogP contribution in [0.3, 0.4) is 0 Å². The molecular weight excluding hydrogens is 789 g/mol. The highest BCUT2D eigenvalue weighted by Crippen LogP contribution is 2.41. The molecule has 1 heterocycles. The summed E-state index contributed by atoms with van der Waals surface area (Å²) >= 11 is 0. The summed E-state index contributed by atoms with van der Waals surface area (Å²) in [5.74, 6) is 1.80. The van der Waals surface area contributed by atoms with Crippen molar-refractivity contribution >= 4 is 46.6 Å². The fourth-order valence-electron chi connectivity index (χ4n) is 8.17. The van der Waals surface area contributed by atoms with E-state index < -0.39 is 0 Å². The van der Waals surface area contributed by atoms with Crippen LogP contribution in [0.25, 0.3) is 46.1 Å². The molecule has 0 amide bonds. The zero-order chi connectivity index (χ0) is 46.1. The molecule has 3 heteroatoms. The van der Waals surface area contributed by atoms with Gasteiger partial charge in [0, 0.05) is 52.5 Å². The van der Waals surface area contributed by atoms with Gasteiger partial charge in [0.05, 0.1) is 0 Å². The fourth-order valence-corrected chi connectivity index (χ4v) is 8.17. The predicted octanol–water partition coefficient (Wildman–Crippen LogP) is 17.9. The molecule has 6 aromatic carbocycles. The monoisotopic (exact) mass is 850 g/mol. The number of fused-ring (bicyclic) bond motifs is 1. The molecule has 1 aromatic heterocycles. The lowest BCUT2D eigenvalue weighted by molar-refractivity contribution is 0.496. The van der Waals surface area contributed by atoms with Crippen LogP contribution in [0.2, 0.25) is 0 Å². The summed E-state index contributed by atoms with van der Waals surface area (Å²) in [5, 5.41) is 0. The maximum Gasteiger partial charge on any atom is 0.134 e. The van der Waals surface area contributed by atoms with E-state index in [2.05, 4.69) is 245 Å². The van der Waals surface area contributed by atoms with Gasteiger partial charge in [-0.3, -0.25) is 0 Å². The number of hydrogen-bond acceptors (Lipinski definition) is 3. The molecule has 0 bridgehead atoms. The van der Waals surface area contributed by atoms with Crippen molar-refractivity contribution < 1.29 is 4.42 Å². The molecule has 0 spiro atoms. The number of aryl methyl sites for hydroxylation is 2. The second kappa shape index (κ2) is 23.2. The Balaban J connectivity index is 0.00000170. The number of rotatable bonds is 14. The molecule has 0 atom stereocenters. The summed E-state index contributed by atoms with van der Waals surface area (Å²) in [4.78, 5) is 4.78. The molecule has 1 aliphatic carbocycles. The number of nitrogens with zero attached hydrogens (tertiary/aromatic N) is 2. The standard InChI is InChI=1S/C58H52N2O.C2H6.C2H4/c1-6-42(4)39-54-55-41-53(35-37-58(55)61-57(54)8-3)60(52-24-16-11-17-25-52)56-36-30-49(40-43(56)5)44(7-2)23-18-38-59(50-31-26-47(27-32-50)45-19-12-9-13-20-45)51-33-28-48(29-34-51)46-21-14-10-15-22-46;2*1-2/h6-34,36,39-41H,1,3,35,37-38H2,2,4-5H3;1-2H3;1-2H2/b23-18-,42-39-,44-7+;;. The van der Waals surface area contributed by atoms with Crippen molar-refractivity contribution in [2.75, 3.05) is 16.3 Å². The van der Waals surface area contributed by atoms with E-state index in [9.17, 15) is 0 Å². The summed E-state index contributed by atoms with van der Waals surface area (Å²) in [6.07, 6.45) is 16.5. The molecular formula is C62H62N2O. The van der Waals surface area contributed by atoms with Crippen molar-refractivity contribution in [3.05, 3.63) is 253 Å². The van der Waals surface area contributed by atoms with Crippen molar-refractivity contribution in [2.24, 2.45) is 0 Å². The fraction of sp³-hybridized carbons (Fsp3) is 0.129. The summed E-state index contributed by atoms with van der Waals surface area (Å²) < 4.78 is 6.31. The molecule has 3 nitrogen and oxygen atoms in total. The topological polar surface area (TPSA) is 19.6 Å². The third-order valence-electron chi connectivity index (χ3n) is 11.4.